The van der Waals surface area contributed by atoms with E-state index in [-0.39, 0.29) is 0 Å². The minimum atomic E-state index is -0.739. The third-order valence-electron chi connectivity index (χ3n) is 3.63. The number of nitrogens with one attached hydrogen (secondary N) is 1. The molecule has 4 nitrogen and oxygen atoms in total. The Kier molecular flexibility index (Phi) is 4.45. The van der Waals surface area contributed by atoms with Crippen molar-refractivity contribution in [3.8, 4) is 0 Å². The quantitative estimate of drug-likeness (QED) is 0.850. The van der Waals surface area contributed by atoms with Crippen LogP contribution in [0.2, 0.25) is 0 Å². The molecule has 0 bridgehead atoms. The van der Waals surface area contributed by atoms with E-state index < -0.39 is 5.60 Å². The number of benzene rings is 1. The summed E-state index contributed by atoms with van der Waals surface area (Å²) in [5, 5.41) is 13.9. The van der Waals surface area contributed by atoms with E-state index in [1.807, 2.05) is 32.2 Å². The molecule has 2 rings (SSSR count). The summed E-state index contributed by atoms with van der Waals surface area (Å²) in [5.74, 6) is 0.931. The van der Waals surface area contributed by atoms with Crippen molar-refractivity contribution >= 4 is 11.0 Å². The van der Waals surface area contributed by atoms with Gasteiger partial charge in [-0.3, -0.25) is 0 Å². The van der Waals surface area contributed by atoms with Crippen LogP contribution in [-0.4, -0.2) is 32.8 Å². The monoisotopic (exact) mass is 275 g/mol. The Hall–Kier alpha value is -1.39. The van der Waals surface area contributed by atoms with Gasteiger partial charge in [-0.15, -0.1) is 0 Å². The van der Waals surface area contributed by atoms with Crippen LogP contribution < -0.4 is 5.32 Å². The molecule has 110 valence electrons. The number of hydrogen-bond donors (Lipinski definition) is 2. The van der Waals surface area contributed by atoms with Gasteiger partial charge in [0.2, 0.25) is 0 Å². The summed E-state index contributed by atoms with van der Waals surface area (Å²) in [6.45, 7) is 6.92. The minimum Gasteiger partial charge on any atom is -0.390 e. The number of para-hydroxylation sites is 2. The van der Waals surface area contributed by atoms with Crippen LogP contribution >= 0.6 is 0 Å². The third kappa shape index (κ3) is 3.58. The number of aryl methyl sites for hydroxylation is 1. The maximum absolute atomic E-state index is 10.5. The highest BCUT2D eigenvalue weighted by atomic mass is 16.3. The molecular formula is C16H25N3O. The zero-order valence-electron chi connectivity index (χ0n) is 12.8. The molecule has 0 saturated carbocycles. The average Bonchev–Trinajstić information content (AvgIpc) is 2.65. The molecule has 0 radical (unpaired) electrons. The van der Waals surface area contributed by atoms with E-state index in [0.717, 1.165) is 23.4 Å². The molecule has 20 heavy (non-hydrogen) atoms. The Balaban J connectivity index is 2.08. The SMILES string of the molecule is CC(C)NCCC(C)(O)Cc1nc2ccccc2n1C. The van der Waals surface area contributed by atoms with Crippen molar-refractivity contribution in [3.63, 3.8) is 0 Å². The smallest absolute Gasteiger partial charge is 0.112 e. The van der Waals surface area contributed by atoms with Gasteiger partial charge in [-0.2, -0.15) is 0 Å². The normalized spacial score (nSPS) is 14.9. The molecule has 1 aromatic heterocycles. The summed E-state index contributed by atoms with van der Waals surface area (Å²) in [7, 11) is 2.01. The number of aliphatic hydroxyl groups is 1. The molecular weight excluding hydrogens is 250 g/mol. The predicted octanol–water partition coefficient (Wildman–Crippen LogP) is 2.25. The van der Waals surface area contributed by atoms with Gasteiger partial charge in [0, 0.05) is 19.5 Å². The van der Waals surface area contributed by atoms with Gasteiger partial charge in [0.25, 0.3) is 0 Å². The standard InChI is InChI=1S/C16H25N3O/c1-12(2)17-10-9-16(3,20)11-15-18-13-7-5-6-8-14(13)19(15)4/h5-8,12,17,20H,9-11H2,1-4H3. The molecule has 2 N–H and O–H groups in total. The molecule has 0 aliphatic rings. The number of imidazole rings is 1. The molecule has 1 aromatic carbocycles. The molecule has 0 spiro atoms. The average molecular weight is 275 g/mol. The largest absolute Gasteiger partial charge is 0.390 e. The van der Waals surface area contributed by atoms with Crippen LogP contribution in [0.4, 0.5) is 0 Å². The zero-order valence-corrected chi connectivity index (χ0v) is 12.8. The first kappa shape index (κ1) is 15.0. The van der Waals surface area contributed by atoms with Gasteiger partial charge in [0.05, 0.1) is 16.6 Å². The number of fused-ring (bicyclic) bond motifs is 1. The molecule has 1 unspecified atom stereocenters. The van der Waals surface area contributed by atoms with Crippen molar-refractivity contribution in [1.82, 2.24) is 14.9 Å². The van der Waals surface area contributed by atoms with E-state index in [1.165, 1.54) is 0 Å². The van der Waals surface area contributed by atoms with Crippen molar-refractivity contribution in [2.75, 3.05) is 6.54 Å². The van der Waals surface area contributed by atoms with Gasteiger partial charge in [0.1, 0.15) is 5.82 Å². The van der Waals surface area contributed by atoms with Gasteiger partial charge in [-0.05, 0) is 32.0 Å². The lowest BCUT2D eigenvalue weighted by molar-refractivity contribution is 0.0485. The topological polar surface area (TPSA) is 50.1 Å². The van der Waals surface area contributed by atoms with Crippen LogP contribution in [0.25, 0.3) is 11.0 Å². The van der Waals surface area contributed by atoms with Gasteiger partial charge in [0.15, 0.2) is 0 Å². The summed E-state index contributed by atoms with van der Waals surface area (Å²) in [5.41, 5.74) is 1.36. The summed E-state index contributed by atoms with van der Waals surface area (Å²) in [4.78, 5) is 4.62. The fourth-order valence-electron chi connectivity index (χ4n) is 2.41. The van der Waals surface area contributed by atoms with Crippen molar-refractivity contribution in [2.24, 2.45) is 7.05 Å². The molecule has 0 aliphatic carbocycles. The Morgan fingerprint density at radius 1 is 1.35 bits per heavy atom. The summed E-state index contributed by atoms with van der Waals surface area (Å²) < 4.78 is 2.07. The fourth-order valence-corrected chi connectivity index (χ4v) is 2.41. The second-order valence-electron chi connectivity index (χ2n) is 6.11. The molecule has 2 aromatic rings. The van der Waals surface area contributed by atoms with Gasteiger partial charge >= 0.3 is 0 Å². The lowest BCUT2D eigenvalue weighted by atomic mass is 9.97. The highest BCUT2D eigenvalue weighted by molar-refractivity contribution is 5.75. The van der Waals surface area contributed by atoms with Crippen molar-refractivity contribution < 1.29 is 5.11 Å². The van der Waals surface area contributed by atoms with Crippen LogP contribution in [0.1, 0.15) is 33.0 Å². The van der Waals surface area contributed by atoms with Gasteiger partial charge in [-0.25, -0.2) is 4.98 Å². The number of aromatic nitrogens is 2. The fraction of sp³-hybridized carbons (Fsp3) is 0.562. The molecule has 0 fully saturated rings. The van der Waals surface area contributed by atoms with Crippen LogP contribution in [-0.2, 0) is 13.5 Å². The molecule has 1 atom stereocenters. The molecule has 0 amide bonds. The Morgan fingerprint density at radius 3 is 2.70 bits per heavy atom. The minimum absolute atomic E-state index is 0.446. The molecule has 1 heterocycles. The molecule has 0 saturated heterocycles. The summed E-state index contributed by atoms with van der Waals surface area (Å²) in [6.07, 6.45) is 1.28. The lowest BCUT2D eigenvalue weighted by Gasteiger charge is -2.23. The van der Waals surface area contributed by atoms with E-state index in [2.05, 4.69) is 34.8 Å². The third-order valence-corrected chi connectivity index (χ3v) is 3.63. The van der Waals surface area contributed by atoms with Crippen LogP contribution in [0.5, 0.6) is 0 Å². The Bertz CT molecular complexity index is 572. The van der Waals surface area contributed by atoms with Crippen molar-refractivity contribution in [2.45, 2.75) is 45.3 Å². The zero-order chi connectivity index (χ0) is 14.8. The van der Waals surface area contributed by atoms with Crippen LogP contribution in [0, 0.1) is 0 Å². The number of hydrogen-bond acceptors (Lipinski definition) is 3. The highest BCUT2D eigenvalue weighted by Crippen LogP contribution is 2.20. The van der Waals surface area contributed by atoms with E-state index in [9.17, 15) is 5.11 Å². The second kappa shape index (κ2) is 5.94. The lowest BCUT2D eigenvalue weighted by Crippen LogP contribution is -2.35. The maximum Gasteiger partial charge on any atom is 0.112 e. The van der Waals surface area contributed by atoms with Gasteiger partial charge < -0.3 is 15.0 Å². The summed E-state index contributed by atoms with van der Waals surface area (Å²) >= 11 is 0. The van der Waals surface area contributed by atoms with E-state index in [0.29, 0.717) is 18.9 Å². The Morgan fingerprint density at radius 2 is 2.05 bits per heavy atom. The highest BCUT2D eigenvalue weighted by Gasteiger charge is 2.23. The van der Waals surface area contributed by atoms with Crippen molar-refractivity contribution in [3.05, 3.63) is 30.1 Å². The van der Waals surface area contributed by atoms with E-state index >= 15 is 0 Å². The van der Waals surface area contributed by atoms with Gasteiger partial charge in [-0.1, -0.05) is 26.0 Å². The number of nitrogens with zero attached hydrogens (tertiary/aromatic N) is 2. The second-order valence-corrected chi connectivity index (χ2v) is 6.11. The van der Waals surface area contributed by atoms with E-state index in [4.69, 9.17) is 0 Å². The Labute approximate surface area is 120 Å². The number of rotatable bonds is 6. The summed E-state index contributed by atoms with van der Waals surface area (Å²) in [6, 6.07) is 8.51. The molecule has 4 heteroatoms. The first-order valence-electron chi connectivity index (χ1n) is 7.25. The van der Waals surface area contributed by atoms with Crippen LogP contribution in [0.15, 0.2) is 24.3 Å². The first-order chi connectivity index (χ1) is 9.39. The predicted molar refractivity (Wildman–Crippen MR) is 82.8 cm³/mol. The molecule has 0 aliphatic heterocycles. The first-order valence-corrected chi connectivity index (χ1v) is 7.25. The van der Waals surface area contributed by atoms with E-state index in [1.54, 1.807) is 0 Å². The van der Waals surface area contributed by atoms with Crippen molar-refractivity contribution in [1.29, 1.82) is 0 Å². The van der Waals surface area contributed by atoms with Crippen LogP contribution in [0.3, 0.4) is 0 Å². The maximum atomic E-state index is 10.5.